The van der Waals surface area contributed by atoms with Crippen LogP contribution in [0.25, 0.3) is 0 Å². The fourth-order valence-corrected chi connectivity index (χ4v) is 1.79. The third-order valence-corrected chi connectivity index (χ3v) is 3.30. The fraction of sp³-hybridized carbons (Fsp3) is 0.333. The van der Waals surface area contributed by atoms with Crippen LogP contribution in [0.5, 0.6) is 5.75 Å². The van der Waals surface area contributed by atoms with Crippen LogP contribution in [0.2, 0.25) is 5.02 Å². The van der Waals surface area contributed by atoms with E-state index in [1.54, 1.807) is 36.7 Å². The van der Waals surface area contributed by atoms with Gasteiger partial charge in [-0.15, -0.1) is 0 Å². The molecule has 0 aliphatic rings. The van der Waals surface area contributed by atoms with Crippen LogP contribution in [0.3, 0.4) is 0 Å². The zero-order valence-electron chi connectivity index (χ0n) is 11.5. The lowest BCUT2D eigenvalue weighted by Gasteiger charge is -2.23. The van der Waals surface area contributed by atoms with Crippen molar-refractivity contribution in [3.05, 3.63) is 47.5 Å². The molecule has 2 aromatic rings. The van der Waals surface area contributed by atoms with Crippen molar-refractivity contribution in [2.45, 2.75) is 20.3 Å². The molecule has 0 radical (unpaired) electrons. The Kier molecular flexibility index (Phi) is 4.45. The first-order chi connectivity index (χ1) is 9.47. The number of ketones is 1. The lowest BCUT2D eigenvalue weighted by molar-refractivity contribution is -0.128. The van der Waals surface area contributed by atoms with E-state index in [4.69, 9.17) is 16.3 Å². The van der Waals surface area contributed by atoms with Gasteiger partial charge in [0, 0.05) is 17.4 Å². The number of nitrogens with zero attached hydrogens (tertiary/aromatic N) is 1. The lowest BCUT2D eigenvalue weighted by Crippen LogP contribution is -2.32. The Morgan fingerprint density at radius 1 is 1.35 bits per heavy atom. The summed E-state index contributed by atoms with van der Waals surface area (Å²) in [5.41, 5.74) is -0.577. The second-order valence-corrected chi connectivity index (χ2v) is 5.70. The first-order valence-electron chi connectivity index (χ1n) is 6.37. The first-order valence-corrected chi connectivity index (χ1v) is 6.75. The number of carbonyl (C=O) groups excluding carboxylic acids is 1. The summed E-state index contributed by atoms with van der Waals surface area (Å²) >= 11 is 5.81. The van der Waals surface area contributed by atoms with Crippen LogP contribution >= 0.6 is 11.6 Å². The minimum atomic E-state index is -0.577. The number of imidazole rings is 1. The molecule has 0 saturated heterocycles. The number of halogens is 1. The summed E-state index contributed by atoms with van der Waals surface area (Å²) < 4.78 is 5.66. The molecule has 4 nitrogen and oxygen atoms in total. The molecular weight excluding hydrogens is 276 g/mol. The minimum absolute atomic E-state index is 0.0846. The van der Waals surface area contributed by atoms with Crippen molar-refractivity contribution < 1.29 is 9.53 Å². The monoisotopic (exact) mass is 292 g/mol. The third-order valence-electron chi connectivity index (χ3n) is 3.05. The van der Waals surface area contributed by atoms with Crippen LogP contribution in [0, 0.1) is 5.41 Å². The topological polar surface area (TPSA) is 55.0 Å². The largest absolute Gasteiger partial charge is 0.493 e. The average Bonchev–Trinajstić information content (AvgIpc) is 2.91. The third kappa shape index (κ3) is 3.84. The molecule has 1 heterocycles. The standard InChI is InChI=1S/C15H17ClN2O2/c1-15(2,13(19)9-14-17-7-8-18-14)10-20-12-5-3-11(16)4-6-12/h3-8H,9-10H2,1-2H3,(H,17,18). The van der Waals surface area contributed by atoms with Crippen LogP contribution in [0.1, 0.15) is 19.7 Å². The number of rotatable bonds is 6. The molecule has 0 atom stereocenters. The molecular formula is C15H17ClN2O2. The highest BCUT2D eigenvalue weighted by Gasteiger charge is 2.29. The number of hydrogen-bond donors (Lipinski definition) is 1. The van der Waals surface area contributed by atoms with Crippen LogP contribution in [-0.2, 0) is 11.2 Å². The summed E-state index contributed by atoms with van der Waals surface area (Å²) in [6.07, 6.45) is 3.63. The zero-order valence-corrected chi connectivity index (χ0v) is 12.3. The van der Waals surface area contributed by atoms with E-state index in [9.17, 15) is 4.79 Å². The maximum Gasteiger partial charge on any atom is 0.149 e. The number of carbonyl (C=O) groups is 1. The lowest BCUT2D eigenvalue weighted by atomic mass is 9.87. The van der Waals surface area contributed by atoms with Crippen LogP contribution in [-0.4, -0.2) is 22.4 Å². The molecule has 0 bridgehead atoms. The maximum atomic E-state index is 12.2. The van der Waals surface area contributed by atoms with Gasteiger partial charge in [0.05, 0.1) is 11.8 Å². The van der Waals surface area contributed by atoms with Gasteiger partial charge in [0.2, 0.25) is 0 Å². The predicted octanol–water partition coefficient (Wildman–Crippen LogP) is 3.28. The number of H-pyrrole nitrogens is 1. The normalized spacial score (nSPS) is 11.3. The molecule has 0 unspecified atom stereocenters. The number of ether oxygens (including phenoxy) is 1. The summed E-state index contributed by atoms with van der Waals surface area (Å²) in [6.45, 7) is 4.05. The second-order valence-electron chi connectivity index (χ2n) is 5.26. The summed E-state index contributed by atoms with van der Waals surface area (Å²) in [7, 11) is 0. The highest BCUT2D eigenvalue weighted by molar-refractivity contribution is 6.30. The number of aromatic nitrogens is 2. The van der Waals surface area contributed by atoms with Crippen molar-refractivity contribution in [1.29, 1.82) is 0 Å². The van der Waals surface area contributed by atoms with Gasteiger partial charge in [-0.2, -0.15) is 0 Å². The highest BCUT2D eigenvalue weighted by Crippen LogP contribution is 2.22. The van der Waals surface area contributed by atoms with Crippen LogP contribution in [0.15, 0.2) is 36.7 Å². The summed E-state index contributed by atoms with van der Waals surface area (Å²) in [6, 6.07) is 7.09. The fourth-order valence-electron chi connectivity index (χ4n) is 1.66. The molecule has 20 heavy (non-hydrogen) atoms. The summed E-state index contributed by atoms with van der Waals surface area (Å²) in [5.74, 6) is 1.46. The Hall–Kier alpha value is -1.81. The van der Waals surface area contributed by atoms with Gasteiger partial charge in [0.15, 0.2) is 0 Å². The van der Waals surface area contributed by atoms with Gasteiger partial charge in [-0.3, -0.25) is 4.79 Å². The van der Waals surface area contributed by atoms with Crippen molar-refractivity contribution in [2.24, 2.45) is 5.41 Å². The minimum Gasteiger partial charge on any atom is -0.493 e. The number of hydrogen-bond acceptors (Lipinski definition) is 3. The van der Waals surface area contributed by atoms with E-state index in [2.05, 4.69) is 9.97 Å². The molecule has 1 aromatic heterocycles. The molecule has 0 aliphatic heterocycles. The highest BCUT2D eigenvalue weighted by atomic mass is 35.5. The van der Waals surface area contributed by atoms with Gasteiger partial charge >= 0.3 is 0 Å². The summed E-state index contributed by atoms with van der Waals surface area (Å²) in [5, 5.41) is 0.658. The second kappa shape index (κ2) is 6.09. The van der Waals surface area contributed by atoms with E-state index >= 15 is 0 Å². The molecule has 5 heteroatoms. The van der Waals surface area contributed by atoms with Crippen LogP contribution in [0.4, 0.5) is 0 Å². The average molecular weight is 293 g/mol. The van der Waals surface area contributed by atoms with E-state index in [0.29, 0.717) is 23.2 Å². The van der Waals surface area contributed by atoms with Crippen LogP contribution < -0.4 is 4.74 Å². The smallest absolute Gasteiger partial charge is 0.149 e. The van der Waals surface area contributed by atoms with Crippen molar-refractivity contribution in [3.8, 4) is 5.75 Å². The molecule has 0 saturated carbocycles. The Morgan fingerprint density at radius 3 is 2.65 bits per heavy atom. The zero-order chi connectivity index (χ0) is 14.6. The quantitative estimate of drug-likeness (QED) is 0.889. The Morgan fingerprint density at radius 2 is 2.05 bits per heavy atom. The Labute approximate surface area is 123 Å². The van der Waals surface area contributed by atoms with Crippen molar-refractivity contribution >= 4 is 17.4 Å². The van der Waals surface area contributed by atoms with Crippen molar-refractivity contribution in [3.63, 3.8) is 0 Å². The predicted molar refractivity (Wildman–Crippen MR) is 78.0 cm³/mol. The number of Topliss-reactive ketones (excluding diaryl/α,β-unsaturated/α-hetero) is 1. The molecule has 0 fully saturated rings. The number of benzene rings is 1. The van der Waals surface area contributed by atoms with Gasteiger partial charge in [-0.1, -0.05) is 11.6 Å². The molecule has 0 aliphatic carbocycles. The van der Waals surface area contributed by atoms with Gasteiger partial charge in [0.1, 0.15) is 24.0 Å². The van der Waals surface area contributed by atoms with Gasteiger partial charge in [0.25, 0.3) is 0 Å². The van der Waals surface area contributed by atoms with Crippen molar-refractivity contribution in [1.82, 2.24) is 9.97 Å². The van der Waals surface area contributed by atoms with Gasteiger partial charge in [-0.05, 0) is 38.1 Å². The maximum absolute atomic E-state index is 12.2. The Bertz CT molecular complexity index is 562. The van der Waals surface area contributed by atoms with E-state index in [-0.39, 0.29) is 12.2 Å². The Balaban J connectivity index is 1.92. The SMILES string of the molecule is CC(C)(COc1ccc(Cl)cc1)C(=O)Cc1ncc[nH]1. The number of nitrogens with one attached hydrogen (secondary N) is 1. The summed E-state index contributed by atoms with van der Waals surface area (Å²) in [4.78, 5) is 19.2. The molecule has 0 spiro atoms. The van der Waals surface area contributed by atoms with E-state index in [1.165, 1.54) is 0 Å². The first kappa shape index (κ1) is 14.6. The number of aromatic amines is 1. The van der Waals surface area contributed by atoms with Gasteiger partial charge < -0.3 is 9.72 Å². The van der Waals surface area contributed by atoms with Gasteiger partial charge in [-0.25, -0.2) is 4.98 Å². The van der Waals surface area contributed by atoms with E-state index in [0.717, 1.165) is 0 Å². The molecule has 1 N–H and O–H groups in total. The molecule has 106 valence electrons. The van der Waals surface area contributed by atoms with E-state index < -0.39 is 5.41 Å². The molecule has 0 amide bonds. The van der Waals surface area contributed by atoms with Crippen molar-refractivity contribution in [2.75, 3.05) is 6.61 Å². The molecule has 2 rings (SSSR count). The molecule has 1 aromatic carbocycles. The van der Waals surface area contributed by atoms with E-state index in [1.807, 2.05) is 13.8 Å².